The first kappa shape index (κ1) is 18.5. The van der Waals surface area contributed by atoms with Crippen LogP contribution in [0, 0.1) is 17.3 Å². The molecule has 6 heteroatoms. The lowest BCUT2D eigenvalue weighted by Crippen LogP contribution is -2.44. The number of nitrogens with zero attached hydrogens (tertiary/aromatic N) is 1. The van der Waals surface area contributed by atoms with Crippen LogP contribution < -0.4 is 0 Å². The van der Waals surface area contributed by atoms with Crippen molar-refractivity contribution in [1.29, 1.82) is 0 Å². The standard InChI is InChI=1S/C16H27NO5/c1-11(2)10-21-15(20)17-8-6-7-12(9-17)13(18)22-14(19)16(3,4)5/h11-12H,6-10H2,1-5H3. The highest BCUT2D eigenvalue weighted by atomic mass is 16.6. The molecule has 1 amide bonds. The Labute approximate surface area is 132 Å². The predicted molar refractivity (Wildman–Crippen MR) is 81.0 cm³/mol. The summed E-state index contributed by atoms with van der Waals surface area (Å²) in [7, 11) is 0. The van der Waals surface area contributed by atoms with Crippen molar-refractivity contribution in [1.82, 2.24) is 4.90 Å². The number of hydrogen-bond acceptors (Lipinski definition) is 5. The number of piperidine rings is 1. The third-order valence-corrected chi connectivity index (χ3v) is 3.36. The summed E-state index contributed by atoms with van der Waals surface area (Å²) < 4.78 is 10.1. The fraction of sp³-hybridized carbons (Fsp3) is 0.812. The molecule has 0 aliphatic carbocycles. The number of hydrogen-bond donors (Lipinski definition) is 0. The van der Waals surface area contributed by atoms with Crippen LogP contribution in [0.25, 0.3) is 0 Å². The molecule has 126 valence electrons. The van der Waals surface area contributed by atoms with Gasteiger partial charge in [-0.3, -0.25) is 9.59 Å². The number of likely N-dealkylation sites (tertiary alicyclic amines) is 1. The van der Waals surface area contributed by atoms with Crippen molar-refractivity contribution in [2.45, 2.75) is 47.5 Å². The minimum Gasteiger partial charge on any atom is -0.449 e. The summed E-state index contributed by atoms with van der Waals surface area (Å²) in [6.07, 6.45) is 0.901. The van der Waals surface area contributed by atoms with E-state index in [0.717, 1.165) is 0 Å². The van der Waals surface area contributed by atoms with E-state index >= 15 is 0 Å². The molecule has 0 saturated carbocycles. The van der Waals surface area contributed by atoms with Gasteiger partial charge in [0.05, 0.1) is 17.9 Å². The van der Waals surface area contributed by atoms with E-state index in [0.29, 0.717) is 26.0 Å². The van der Waals surface area contributed by atoms with Gasteiger partial charge in [-0.15, -0.1) is 0 Å². The van der Waals surface area contributed by atoms with Crippen LogP contribution in [-0.2, 0) is 19.1 Å². The molecule has 1 atom stereocenters. The van der Waals surface area contributed by atoms with Gasteiger partial charge in [-0.1, -0.05) is 13.8 Å². The van der Waals surface area contributed by atoms with Gasteiger partial charge >= 0.3 is 18.0 Å². The monoisotopic (exact) mass is 313 g/mol. The topological polar surface area (TPSA) is 72.9 Å². The van der Waals surface area contributed by atoms with Crippen LogP contribution >= 0.6 is 0 Å². The highest BCUT2D eigenvalue weighted by molar-refractivity contribution is 5.89. The molecule has 0 aromatic rings. The Kier molecular flexibility index (Phi) is 6.38. The molecule has 0 radical (unpaired) electrons. The quantitative estimate of drug-likeness (QED) is 0.591. The molecule has 22 heavy (non-hydrogen) atoms. The first-order chi connectivity index (χ1) is 10.1. The van der Waals surface area contributed by atoms with Gasteiger partial charge < -0.3 is 14.4 Å². The molecule has 0 aromatic carbocycles. The minimum atomic E-state index is -0.722. The number of carbonyl (C=O) groups is 3. The molecule has 0 N–H and O–H groups in total. The SMILES string of the molecule is CC(C)COC(=O)N1CCCC(C(=O)OC(=O)C(C)(C)C)C1. The number of amides is 1. The van der Waals surface area contributed by atoms with Crippen molar-refractivity contribution in [3.63, 3.8) is 0 Å². The highest BCUT2D eigenvalue weighted by Crippen LogP contribution is 2.21. The van der Waals surface area contributed by atoms with Crippen molar-refractivity contribution < 1.29 is 23.9 Å². The molecule has 1 rings (SSSR count). The maximum atomic E-state index is 12.1. The van der Waals surface area contributed by atoms with Crippen LogP contribution in [0.4, 0.5) is 4.79 Å². The second-order valence-corrected chi connectivity index (χ2v) is 7.21. The summed E-state index contributed by atoms with van der Waals surface area (Å²) in [6.45, 7) is 10.2. The number of esters is 2. The lowest BCUT2D eigenvalue weighted by Gasteiger charge is -2.31. The third-order valence-electron chi connectivity index (χ3n) is 3.36. The van der Waals surface area contributed by atoms with Crippen LogP contribution in [-0.4, -0.2) is 42.6 Å². The van der Waals surface area contributed by atoms with Crippen molar-refractivity contribution in [3.8, 4) is 0 Å². The van der Waals surface area contributed by atoms with E-state index in [-0.39, 0.29) is 12.5 Å². The Morgan fingerprint density at radius 2 is 1.86 bits per heavy atom. The van der Waals surface area contributed by atoms with E-state index < -0.39 is 29.4 Å². The maximum absolute atomic E-state index is 12.1. The molecule has 0 spiro atoms. The fourth-order valence-electron chi connectivity index (χ4n) is 1.99. The maximum Gasteiger partial charge on any atom is 0.409 e. The summed E-state index contributed by atoms with van der Waals surface area (Å²) in [6, 6.07) is 0. The van der Waals surface area contributed by atoms with Crippen molar-refractivity contribution in [2.75, 3.05) is 19.7 Å². The number of rotatable bonds is 3. The van der Waals surface area contributed by atoms with Gasteiger partial charge in [-0.2, -0.15) is 0 Å². The lowest BCUT2D eigenvalue weighted by molar-refractivity contribution is -0.169. The molecule has 1 fully saturated rings. The van der Waals surface area contributed by atoms with Gasteiger partial charge in [0.25, 0.3) is 0 Å². The molecule has 6 nitrogen and oxygen atoms in total. The summed E-state index contributed by atoms with van der Waals surface area (Å²) in [4.78, 5) is 37.3. The first-order valence-corrected chi connectivity index (χ1v) is 7.79. The fourth-order valence-corrected chi connectivity index (χ4v) is 1.99. The van der Waals surface area contributed by atoms with Crippen LogP contribution in [0.5, 0.6) is 0 Å². The van der Waals surface area contributed by atoms with Crippen LogP contribution in [0.1, 0.15) is 47.5 Å². The second-order valence-electron chi connectivity index (χ2n) is 7.21. The van der Waals surface area contributed by atoms with Crippen molar-refractivity contribution >= 4 is 18.0 Å². The highest BCUT2D eigenvalue weighted by Gasteiger charge is 2.33. The summed E-state index contributed by atoms with van der Waals surface area (Å²) in [5.74, 6) is -1.30. The molecular weight excluding hydrogens is 286 g/mol. The van der Waals surface area contributed by atoms with Gasteiger partial charge in [0.2, 0.25) is 0 Å². The smallest absolute Gasteiger partial charge is 0.409 e. The zero-order valence-electron chi connectivity index (χ0n) is 14.2. The number of carbonyl (C=O) groups excluding carboxylic acids is 3. The zero-order chi connectivity index (χ0) is 16.9. The molecule has 1 unspecified atom stereocenters. The Morgan fingerprint density at radius 3 is 2.41 bits per heavy atom. The summed E-state index contributed by atoms with van der Waals surface area (Å²) in [5, 5.41) is 0. The second kappa shape index (κ2) is 7.61. The predicted octanol–water partition coefficient (Wildman–Crippen LogP) is 2.61. The molecule has 0 aromatic heterocycles. The minimum absolute atomic E-state index is 0.243. The molecule has 0 bridgehead atoms. The molecule has 1 aliphatic heterocycles. The average Bonchev–Trinajstić information content (AvgIpc) is 2.43. The summed E-state index contributed by atoms with van der Waals surface area (Å²) in [5.41, 5.74) is -0.722. The van der Waals surface area contributed by atoms with Crippen LogP contribution in [0.2, 0.25) is 0 Å². The normalized spacial score (nSPS) is 19.0. The van der Waals surface area contributed by atoms with Gasteiger partial charge in [0.1, 0.15) is 0 Å². The average molecular weight is 313 g/mol. The van der Waals surface area contributed by atoms with E-state index in [9.17, 15) is 14.4 Å². The van der Waals surface area contributed by atoms with Gasteiger partial charge in [-0.05, 0) is 39.5 Å². The van der Waals surface area contributed by atoms with Gasteiger partial charge in [0.15, 0.2) is 0 Å². The molecular formula is C16H27NO5. The Morgan fingerprint density at radius 1 is 1.23 bits per heavy atom. The first-order valence-electron chi connectivity index (χ1n) is 7.79. The van der Waals surface area contributed by atoms with E-state index in [2.05, 4.69) is 0 Å². The molecule has 1 heterocycles. The molecule has 1 saturated heterocycles. The lowest BCUT2D eigenvalue weighted by atomic mass is 9.96. The van der Waals surface area contributed by atoms with E-state index in [4.69, 9.17) is 9.47 Å². The molecule has 1 aliphatic rings. The van der Waals surface area contributed by atoms with Crippen LogP contribution in [0.15, 0.2) is 0 Å². The Hall–Kier alpha value is -1.59. The van der Waals surface area contributed by atoms with Crippen LogP contribution in [0.3, 0.4) is 0 Å². The largest absolute Gasteiger partial charge is 0.449 e. The van der Waals surface area contributed by atoms with Crippen molar-refractivity contribution in [3.05, 3.63) is 0 Å². The van der Waals surface area contributed by atoms with Gasteiger partial charge in [-0.25, -0.2) is 4.79 Å². The van der Waals surface area contributed by atoms with E-state index in [1.165, 1.54) is 4.90 Å². The number of ether oxygens (including phenoxy) is 2. The van der Waals surface area contributed by atoms with E-state index in [1.54, 1.807) is 20.8 Å². The van der Waals surface area contributed by atoms with Crippen molar-refractivity contribution in [2.24, 2.45) is 17.3 Å². The third kappa shape index (κ3) is 5.66. The zero-order valence-corrected chi connectivity index (χ0v) is 14.2. The van der Waals surface area contributed by atoms with Gasteiger partial charge in [0, 0.05) is 13.1 Å². The Balaban J connectivity index is 2.54. The summed E-state index contributed by atoms with van der Waals surface area (Å²) >= 11 is 0. The van der Waals surface area contributed by atoms with E-state index in [1.807, 2.05) is 13.8 Å². The Bertz CT molecular complexity index is 425.